The molecule has 0 bridgehead atoms. The zero-order chi connectivity index (χ0) is 15.5. The van der Waals surface area contributed by atoms with Crippen LogP contribution in [-0.2, 0) is 15.8 Å². The Morgan fingerprint density at radius 1 is 1.33 bits per heavy atom. The molecule has 0 saturated carbocycles. The van der Waals surface area contributed by atoms with Gasteiger partial charge in [0.25, 0.3) is 0 Å². The lowest BCUT2D eigenvalue weighted by Gasteiger charge is -2.36. The number of hydrogen-bond acceptors (Lipinski definition) is 4. The van der Waals surface area contributed by atoms with Gasteiger partial charge in [-0.15, -0.1) is 0 Å². The number of rotatable bonds is 4. The second kappa shape index (κ2) is 6.56. The Morgan fingerprint density at radius 3 is 2.57 bits per heavy atom. The molecule has 0 radical (unpaired) electrons. The van der Waals surface area contributed by atoms with Crippen molar-refractivity contribution in [3.63, 3.8) is 0 Å². The quantitative estimate of drug-likeness (QED) is 0.912. The molecule has 0 amide bonds. The predicted octanol–water partition coefficient (Wildman–Crippen LogP) is 1.45. The van der Waals surface area contributed by atoms with E-state index in [4.69, 9.17) is 11.0 Å². The molecule has 1 heterocycles. The second-order valence-electron chi connectivity index (χ2n) is 5.66. The third-order valence-corrected chi connectivity index (χ3v) is 5.97. The van der Waals surface area contributed by atoms with Gasteiger partial charge in [-0.2, -0.15) is 9.57 Å². The first kappa shape index (κ1) is 16.0. The average molecular weight is 307 g/mol. The Kier molecular flexibility index (Phi) is 4.99. The van der Waals surface area contributed by atoms with E-state index < -0.39 is 10.0 Å². The summed E-state index contributed by atoms with van der Waals surface area (Å²) in [6, 6.07) is 8.74. The zero-order valence-electron chi connectivity index (χ0n) is 12.2. The molecule has 1 aromatic rings. The van der Waals surface area contributed by atoms with E-state index in [0.29, 0.717) is 24.2 Å². The summed E-state index contributed by atoms with van der Waals surface area (Å²) < 4.78 is 26.8. The minimum atomic E-state index is -3.35. The van der Waals surface area contributed by atoms with Gasteiger partial charge >= 0.3 is 0 Å². The van der Waals surface area contributed by atoms with Crippen LogP contribution in [0.25, 0.3) is 0 Å². The maximum atomic E-state index is 12.6. The van der Waals surface area contributed by atoms with Crippen LogP contribution in [0.4, 0.5) is 0 Å². The molecule has 6 heteroatoms. The van der Waals surface area contributed by atoms with Gasteiger partial charge in [-0.05, 0) is 49.9 Å². The number of piperidine rings is 1. The average Bonchev–Trinajstić information content (AvgIpc) is 2.48. The smallest absolute Gasteiger partial charge is 0.218 e. The molecule has 0 spiro atoms. The SMILES string of the molecule is CC1CCC(CN)CN1S(=O)(=O)Cc1ccc(C#N)cc1. The van der Waals surface area contributed by atoms with Gasteiger partial charge in [0, 0.05) is 12.6 Å². The number of nitrogens with two attached hydrogens (primary N) is 1. The molecule has 114 valence electrons. The van der Waals surface area contributed by atoms with E-state index >= 15 is 0 Å². The number of hydrogen-bond donors (Lipinski definition) is 1. The van der Waals surface area contributed by atoms with E-state index in [0.717, 1.165) is 12.8 Å². The lowest BCUT2D eigenvalue weighted by atomic mass is 9.96. The minimum Gasteiger partial charge on any atom is -0.330 e. The maximum Gasteiger partial charge on any atom is 0.218 e. The van der Waals surface area contributed by atoms with Gasteiger partial charge in [-0.1, -0.05) is 12.1 Å². The highest BCUT2D eigenvalue weighted by Crippen LogP contribution is 2.25. The Morgan fingerprint density at radius 2 is 2.00 bits per heavy atom. The Labute approximate surface area is 126 Å². The van der Waals surface area contributed by atoms with Crippen molar-refractivity contribution in [1.82, 2.24) is 4.31 Å². The second-order valence-corrected chi connectivity index (χ2v) is 7.58. The highest BCUT2D eigenvalue weighted by Gasteiger charge is 2.33. The molecular weight excluding hydrogens is 286 g/mol. The van der Waals surface area contributed by atoms with E-state index in [1.807, 2.05) is 13.0 Å². The zero-order valence-corrected chi connectivity index (χ0v) is 13.0. The first-order valence-corrected chi connectivity index (χ1v) is 8.76. The van der Waals surface area contributed by atoms with E-state index in [9.17, 15) is 8.42 Å². The van der Waals surface area contributed by atoms with E-state index in [-0.39, 0.29) is 17.7 Å². The highest BCUT2D eigenvalue weighted by molar-refractivity contribution is 7.88. The van der Waals surface area contributed by atoms with Crippen LogP contribution in [0.15, 0.2) is 24.3 Å². The number of nitrogens with zero attached hydrogens (tertiary/aromatic N) is 2. The molecule has 21 heavy (non-hydrogen) atoms. The molecule has 2 N–H and O–H groups in total. The Hall–Kier alpha value is -1.42. The van der Waals surface area contributed by atoms with Gasteiger partial charge < -0.3 is 5.73 Å². The summed E-state index contributed by atoms with van der Waals surface area (Å²) >= 11 is 0. The fourth-order valence-electron chi connectivity index (χ4n) is 2.70. The van der Waals surface area contributed by atoms with Gasteiger partial charge in [0.2, 0.25) is 10.0 Å². The van der Waals surface area contributed by atoms with Crippen molar-refractivity contribution < 1.29 is 8.42 Å². The van der Waals surface area contributed by atoms with Gasteiger partial charge in [-0.25, -0.2) is 8.42 Å². The monoisotopic (exact) mass is 307 g/mol. The summed E-state index contributed by atoms with van der Waals surface area (Å²) in [6.07, 6.45) is 1.84. The standard InChI is InChI=1S/C15H21N3O2S/c1-12-2-3-15(9-17)10-18(12)21(19,20)11-14-6-4-13(8-16)5-7-14/h4-7,12,15H,2-3,9-11,17H2,1H3. The third kappa shape index (κ3) is 3.82. The molecule has 1 aliphatic rings. The lowest BCUT2D eigenvalue weighted by molar-refractivity contribution is 0.211. The molecule has 5 nitrogen and oxygen atoms in total. The van der Waals surface area contributed by atoms with Crippen molar-refractivity contribution in [2.45, 2.75) is 31.6 Å². The molecule has 1 fully saturated rings. The van der Waals surface area contributed by atoms with Gasteiger partial charge in [0.1, 0.15) is 0 Å². The van der Waals surface area contributed by atoms with Gasteiger partial charge in [0.15, 0.2) is 0 Å². The van der Waals surface area contributed by atoms with Crippen LogP contribution in [0, 0.1) is 17.2 Å². The van der Waals surface area contributed by atoms with Crippen LogP contribution in [0.1, 0.15) is 30.9 Å². The molecule has 0 aromatic heterocycles. The highest BCUT2D eigenvalue weighted by atomic mass is 32.2. The van der Waals surface area contributed by atoms with E-state index in [2.05, 4.69) is 0 Å². The van der Waals surface area contributed by atoms with Crippen molar-refractivity contribution in [1.29, 1.82) is 5.26 Å². The number of benzene rings is 1. The molecule has 2 unspecified atom stereocenters. The molecular formula is C15H21N3O2S. The predicted molar refractivity (Wildman–Crippen MR) is 81.7 cm³/mol. The molecule has 2 atom stereocenters. The summed E-state index contributed by atoms with van der Waals surface area (Å²) in [5.74, 6) is 0.220. The van der Waals surface area contributed by atoms with Crippen LogP contribution in [0.3, 0.4) is 0 Å². The topological polar surface area (TPSA) is 87.2 Å². The van der Waals surface area contributed by atoms with Crippen molar-refractivity contribution >= 4 is 10.0 Å². The Bertz CT molecular complexity index is 619. The normalized spacial score (nSPS) is 23.7. The minimum absolute atomic E-state index is 0.0242. The van der Waals surface area contributed by atoms with E-state index in [1.165, 1.54) is 0 Å². The number of nitriles is 1. The fraction of sp³-hybridized carbons (Fsp3) is 0.533. The first-order chi connectivity index (χ1) is 9.96. The van der Waals surface area contributed by atoms with Crippen LogP contribution in [-0.4, -0.2) is 31.9 Å². The molecule has 1 aliphatic heterocycles. The maximum absolute atomic E-state index is 12.6. The first-order valence-electron chi connectivity index (χ1n) is 7.15. The summed E-state index contributed by atoms with van der Waals surface area (Å²) in [4.78, 5) is 0. The largest absolute Gasteiger partial charge is 0.330 e. The summed E-state index contributed by atoms with van der Waals surface area (Å²) in [6.45, 7) is 2.98. The number of sulfonamides is 1. The van der Waals surface area contributed by atoms with Crippen molar-refractivity contribution in [3.05, 3.63) is 35.4 Å². The van der Waals surface area contributed by atoms with Gasteiger partial charge in [0.05, 0.1) is 17.4 Å². The van der Waals surface area contributed by atoms with Gasteiger partial charge in [-0.3, -0.25) is 0 Å². The summed E-state index contributed by atoms with van der Waals surface area (Å²) in [5, 5.41) is 8.77. The van der Waals surface area contributed by atoms with Crippen molar-refractivity contribution in [2.75, 3.05) is 13.1 Å². The van der Waals surface area contributed by atoms with Crippen molar-refractivity contribution in [3.8, 4) is 6.07 Å². The molecule has 0 aliphatic carbocycles. The van der Waals surface area contributed by atoms with Crippen LogP contribution >= 0.6 is 0 Å². The summed E-state index contributed by atoms with van der Waals surface area (Å²) in [7, 11) is -3.35. The third-order valence-electron chi connectivity index (χ3n) is 4.05. The van der Waals surface area contributed by atoms with E-state index in [1.54, 1.807) is 28.6 Å². The van der Waals surface area contributed by atoms with Crippen molar-refractivity contribution in [2.24, 2.45) is 11.7 Å². The fourth-order valence-corrected chi connectivity index (χ4v) is 4.57. The molecule has 1 saturated heterocycles. The van der Waals surface area contributed by atoms with Crippen LogP contribution in [0.2, 0.25) is 0 Å². The van der Waals surface area contributed by atoms with Crippen LogP contribution in [0.5, 0.6) is 0 Å². The Balaban J connectivity index is 2.14. The lowest BCUT2D eigenvalue weighted by Crippen LogP contribution is -2.47. The molecule has 2 rings (SSSR count). The molecule has 1 aromatic carbocycles. The summed E-state index contributed by atoms with van der Waals surface area (Å²) in [5.41, 5.74) is 6.92. The van der Waals surface area contributed by atoms with Crippen LogP contribution < -0.4 is 5.73 Å².